The largest absolute Gasteiger partial charge is 0.398 e. The van der Waals surface area contributed by atoms with Gasteiger partial charge in [0.15, 0.2) is 0 Å². The number of nitrogens with one attached hydrogen (secondary N) is 1. The van der Waals surface area contributed by atoms with E-state index in [9.17, 15) is 8.42 Å². The van der Waals surface area contributed by atoms with Gasteiger partial charge in [-0.25, -0.2) is 8.42 Å². The molecular weight excluding hydrogens is 344 g/mol. The van der Waals surface area contributed by atoms with E-state index in [-0.39, 0.29) is 4.90 Å². The van der Waals surface area contributed by atoms with Crippen molar-refractivity contribution >= 4 is 37.3 Å². The Kier molecular flexibility index (Phi) is 3.79. The molecule has 20 heavy (non-hydrogen) atoms. The summed E-state index contributed by atoms with van der Waals surface area (Å²) in [5.41, 5.74) is 7.95. The van der Waals surface area contributed by atoms with Crippen molar-refractivity contribution in [1.82, 2.24) is 9.78 Å². The van der Waals surface area contributed by atoms with Crippen LogP contribution in [0.3, 0.4) is 0 Å². The van der Waals surface area contributed by atoms with Crippen LogP contribution in [0.25, 0.3) is 0 Å². The van der Waals surface area contributed by atoms with E-state index >= 15 is 0 Å². The van der Waals surface area contributed by atoms with Crippen LogP contribution in [0.15, 0.2) is 27.6 Å². The molecule has 0 fully saturated rings. The molecular formula is C12H15BrN4O2S. The Balaban J connectivity index is 2.43. The molecule has 1 aromatic carbocycles. The van der Waals surface area contributed by atoms with Crippen molar-refractivity contribution in [3.63, 3.8) is 0 Å². The monoisotopic (exact) mass is 358 g/mol. The molecule has 0 unspecified atom stereocenters. The first-order chi connectivity index (χ1) is 9.22. The minimum Gasteiger partial charge on any atom is -0.398 e. The zero-order valence-corrected chi connectivity index (χ0v) is 13.7. The van der Waals surface area contributed by atoms with Crippen molar-refractivity contribution in [3.8, 4) is 0 Å². The predicted octanol–water partition coefficient (Wildman–Crippen LogP) is 2.18. The minimum atomic E-state index is -3.69. The van der Waals surface area contributed by atoms with E-state index in [1.54, 1.807) is 31.6 Å². The van der Waals surface area contributed by atoms with Gasteiger partial charge in [0.1, 0.15) is 0 Å². The lowest BCUT2D eigenvalue weighted by Crippen LogP contribution is -2.14. The quantitative estimate of drug-likeness (QED) is 0.822. The van der Waals surface area contributed by atoms with E-state index in [0.717, 1.165) is 5.69 Å². The van der Waals surface area contributed by atoms with Gasteiger partial charge in [-0.3, -0.25) is 9.40 Å². The number of nitrogen functional groups attached to an aromatic ring is 1. The third kappa shape index (κ3) is 2.66. The molecule has 0 saturated carbocycles. The zero-order valence-electron chi connectivity index (χ0n) is 11.3. The molecule has 108 valence electrons. The molecule has 0 aliphatic heterocycles. The lowest BCUT2D eigenvalue weighted by Gasteiger charge is -2.09. The van der Waals surface area contributed by atoms with Crippen LogP contribution in [0, 0.1) is 13.8 Å². The third-order valence-electron chi connectivity index (χ3n) is 3.02. The second-order valence-corrected chi connectivity index (χ2v) is 6.99. The second kappa shape index (κ2) is 5.10. The molecule has 3 N–H and O–H groups in total. The Morgan fingerprint density at radius 1 is 1.35 bits per heavy atom. The number of hydrogen-bond donors (Lipinski definition) is 2. The summed E-state index contributed by atoms with van der Waals surface area (Å²) >= 11 is 3.24. The number of rotatable bonds is 3. The lowest BCUT2D eigenvalue weighted by atomic mass is 10.3. The van der Waals surface area contributed by atoms with Crippen LogP contribution < -0.4 is 10.5 Å². The molecule has 1 heterocycles. The smallest absolute Gasteiger partial charge is 0.262 e. The molecule has 0 aliphatic rings. The number of sulfonamides is 1. The molecule has 0 radical (unpaired) electrons. The Hall–Kier alpha value is -1.54. The maximum Gasteiger partial charge on any atom is 0.262 e. The van der Waals surface area contributed by atoms with Gasteiger partial charge < -0.3 is 5.73 Å². The maximum atomic E-state index is 12.4. The van der Waals surface area contributed by atoms with Crippen LogP contribution in [0.4, 0.5) is 11.4 Å². The van der Waals surface area contributed by atoms with Gasteiger partial charge in [-0.1, -0.05) is 0 Å². The van der Waals surface area contributed by atoms with E-state index in [1.807, 2.05) is 0 Å². The van der Waals surface area contributed by atoms with Crippen LogP contribution in [0.5, 0.6) is 0 Å². The zero-order chi connectivity index (χ0) is 15.1. The van der Waals surface area contributed by atoms with E-state index < -0.39 is 10.0 Å². The number of anilines is 2. The molecule has 0 amide bonds. The molecule has 6 nitrogen and oxygen atoms in total. The molecule has 0 spiro atoms. The summed E-state index contributed by atoms with van der Waals surface area (Å²) in [6, 6.07) is 4.50. The fourth-order valence-corrected chi connectivity index (χ4v) is 3.26. The van der Waals surface area contributed by atoms with Gasteiger partial charge in [-0.15, -0.1) is 0 Å². The summed E-state index contributed by atoms with van der Waals surface area (Å²) < 4.78 is 29.6. The van der Waals surface area contributed by atoms with Crippen molar-refractivity contribution in [1.29, 1.82) is 0 Å². The summed E-state index contributed by atoms with van der Waals surface area (Å²) in [4.78, 5) is 0.112. The van der Waals surface area contributed by atoms with Crippen LogP contribution in [0.2, 0.25) is 0 Å². The van der Waals surface area contributed by atoms with Gasteiger partial charge in [0, 0.05) is 17.2 Å². The maximum absolute atomic E-state index is 12.4. The Labute approximate surface area is 126 Å². The highest BCUT2D eigenvalue weighted by Crippen LogP contribution is 2.26. The van der Waals surface area contributed by atoms with E-state index in [4.69, 9.17) is 5.73 Å². The number of benzene rings is 1. The van der Waals surface area contributed by atoms with Crippen molar-refractivity contribution in [2.24, 2.45) is 7.05 Å². The van der Waals surface area contributed by atoms with Gasteiger partial charge in [0.2, 0.25) is 0 Å². The number of halogens is 1. The minimum absolute atomic E-state index is 0.112. The van der Waals surface area contributed by atoms with Gasteiger partial charge in [-0.05, 0) is 48.0 Å². The molecule has 0 bridgehead atoms. The molecule has 1 aromatic heterocycles. The number of nitrogens with two attached hydrogens (primary N) is 1. The first-order valence-electron chi connectivity index (χ1n) is 5.80. The molecule has 8 heteroatoms. The lowest BCUT2D eigenvalue weighted by molar-refractivity contribution is 0.601. The summed E-state index contributed by atoms with van der Waals surface area (Å²) in [7, 11) is -1.93. The van der Waals surface area contributed by atoms with Gasteiger partial charge in [0.25, 0.3) is 10.0 Å². The highest BCUT2D eigenvalue weighted by atomic mass is 79.9. The van der Waals surface area contributed by atoms with Crippen molar-refractivity contribution in [2.45, 2.75) is 18.7 Å². The Bertz CT molecular complexity index is 768. The fraction of sp³-hybridized carbons (Fsp3) is 0.250. The van der Waals surface area contributed by atoms with Crippen LogP contribution in [-0.4, -0.2) is 18.2 Å². The number of nitrogens with zero attached hydrogens (tertiary/aromatic N) is 2. The second-order valence-electron chi connectivity index (χ2n) is 4.46. The SMILES string of the molecule is Cc1nn(C)c(C)c1NS(=O)(=O)c1ccc(Br)c(N)c1. The van der Waals surface area contributed by atoms with E-state index in [1.165, 1.54) is 12.1 Å². The Morgan fingerprint density at radius 3 is 2.50 bits per heavy atom. The highest BCUT2D eigenvalue weighted by molar-refractivity contribution is 9.10. The molecule has 0 saturated heterocycles. The fourth-order valence-electron chi connectivity index (χ4n) is 1.80. The summed E-state index contributed by atoms with van der Waals surface area (Å²) in [6.07, 6.45) is 0. The van der Waals surface area contributed by atoms with Crippen molar-refractivity contribution in [3.05, 3.63) is 34.1 Å². The summed E-state index contributed by atoms with van der Waals surface area (Å²) in [6.45, 7) is 3.55. The van der Waals surface area contributed by atoms with Gasteiger partial charge in [-0.2, -0.15) is 5.10 Å². The highest BCUT2D eigenvalue weighted by Gasteiger charge is 2.19. The third-order valence-corrected chi connectivity index (χ3v) is 5.09. The number of aromatic nitrogens is 2. The van der Waals surface area contributed by atoms with Crippen LogP contribution in [0.1, 0.15) is 11.4 Å². The summed E-state index contributed by atoms with van der Waals surface area (Å²) in [5, 5.41) is 4.18. The first-order valence-corrected chi connectivity index (χ1v) is 8.08. The topological polar surface area (TPSA) is 90.0 Å². The van der Waals surface area contributed by atoms with E-state index in [2.05, 4.69) is 25.8 Å². The van der Waals surface area contributed by atoms with Crippen LogP contribution in [-0.2, 0) is 17.1 Å². The van der Waals surface area contributed by atoms with Crippen molar-refractivity contribution in [2.75, 3.05) is 10.5 Å². The van der Waals surface area contributed by atoms with Crippen LogP contribution >= 0.6 is 15.9 Å². The van der Waals surface area contributed by atoms with Gasteiger partial charge >= 0.3 is 0 Å². The Morgan fingerprint density at radius 2 is 2.00 bits per heavy atom. The predicted molar refractivity (Wildman–Crippen MR) is 82.0 cm³/mol. The standard InChI is InChI=1S/C12H15BrN4O2S/c1-7-12(8(2)17(3)15-7)16-20(18,19)9-4-5-10(13)11(14)6-9/h4-6,16H,14H2,1-3H3. The molecule has 0 atom stereocenters. The van der Waals surface area contributed by atoms with E-state index in [0.29, 0.717) is 21.5 Å². The average Bonchev–Trinajstić information content (AvgIpc) is 2.59. The first kappa shape index (κ1) is 14.9. The number of aryl methyl sites for hydroxylation is 2. The number of hydrogen-bond acceptors (Lipinski definition) is 4. The van der Waals surface area contributed by atoms with Gasteiger partial charge in [0.05, 0.1) is 22.0 Å². The molecule has 0 aliphatic carbocycles. The summed E-state index contributed by atoms with van der Waals surface area (Å²) in [5.74, 6) is 0. The normalized spacial score (nSPS) is 11.6. The molecule has 2 aromatic rings. The average molecular weight is 359 g/mol. The van der Waals surface area contributed by atoms with Crippen molar-refractivity contribution < 1.29 is 8.42 Å². The molecule has 2 rings (SSSR count).